The Morgan fingerprint density at radius 1 is 1.20 bits per heavy atom. The van der Waals surface area contributed by atoms with Crippen molar-refractivity contribution in [2.45, 2.75) is 38.8 Å². The smallest absolute Gasteiger partial charge is 0.388 e. The second kappa shape index (κ2) is 4.67. The van der Waals surface area contributed by atoms with Crippen LogP contribution in [0.2, 0.25) is 0 Å². The molecule has 5 heteroatoms. The van der Waals surface area contributed by atoms with Gasteiger partial charge in [0.05, 0.1) is 0 Å². The first-order valence-corrected chi connectivity index (χ1v) is 8.15. The average molecular weight is 247 g/mol. The van der Waals surface area contributed by atoms with Gasteiger partial charge < -0.3 is 8.85 Å². The van der Waals surface area contributed by atoms with Crippen LogP contribution in [-0.4, -0.2) is 50.2 Å². The van der Waals surface area contributed by atoms with Gasteiger partial charge >= 0.3 is 9.45 Å². The SMILES string of the molecule is CO[SiH](OC)N1CCCC(C)(C)C1(C)[SiH3]. The highest BCUT2D eigenvalue weighted by Gasteiger charge is 2.47. The third-order valence-corrected chi connectivity index (χ3v) is 8.90. The van der Waals surface area contributed by atoms with Crippen LogP contribution in [0.25, 0.3) is 0 Å². The fourth-order valence-electron chi connectivity index (χ4n) is 2.39. The number of hydrogen-bond acceptors (Lipinski definition) is 3. The monoisotopic (exact) mass is 247 g/mol. The highest BCUT2D eigenvalue weighted by Crippen LogP contribution is 2.41. The van der Waals surface area contributed by atoms with E-state index in [0.29, 0.717) is 10.6 Å². The van der Waals surface area contributed by atoms with E-state index in [4.69, 9.17) is 8.85 Å². The van der Waals surface area contributed by atoms with E-state index in [9.17, 15) is 0 Å². The number of nitrogens with zero attached hydrogens (tertiary/aromatic N) is 1. The van der Waals surface area contributed by atoms with Gasteiger partial charge in [0.1, 0.15) is 0 Å². The maximum atomic E-state index is 5.53. The van der Waals surface area contributed by atoms with Crippen molar-refractivity contribution < 1.29 is 8.85 Å². The van der Waals surface area contributed by atoms with Crippen molar-refractivity contribution in [3.05, 3.63) is 0 Å². The van der Waals surface area contributed by atoms with Crippen molar-refractivity contribution in [3.63, 3.8) is 0 Å². The quantitative estimate of drug-likeness (QED) is 0.665. The molecule has 0 aromatic rings. The fourth-order valence-corrected chi connectivity index (χ4v) is 5.46. The molecule has 0 bridgehead atoms. The van der Waals surface area contributed by atoms with Crippen molar-refractivity contribution in [2.24, 2.45) is 5.41 Å². The molecule has 0 N–H and O–H groups in total. The van der Waals surface area contributed by atoms with Crippen LogP contribution in [0.4, 0.5) is 0 Å². The molecule has 0 saturated carbocycles. The van der Waals surface area contributed by atoms with E-state index in [1.807, 2.05) is 0 Å². The Hall–Kier alpha value is 0.314. The van der Waals surface area contributed by atoms with Gasteiger partial charge in [0.15, 0.2) is 0 Å². The van der Waals surface area contributed by atoms with Gasteiger partial charge in [0.2, 0.25) is 0 Å². The second-order valence-electron chi connectivity index (χ2n) is 5.52. The first kappa shape index (κ1) is 13.4. The Kier molecular flexibility index (Phi) is 4.16. The Bertz CT molecular complexity index is 217. The van der Waals surface area contributed by atoms with Gasteiger partial charge in [-0.3, -0.25) is 4.57 Å². The summed E-state index contributed by atoms with van der Waals surface area (Å²) in [6, 6.07) is 0. The molecular formula is C10H25NO2Si2. The minimum atomic E-state index is -1.61. The Balaban J connectivity index is 2.88. The summed E-state index contributed by atoms with van der Waals surface area (Å²) >= 11 is 0. The lowest BCUT2D eigenvalue weighted by molar-refractivity contribution is 0.0390. The molecule has 0 radical (unpaired) electrons. The van der Waals surface area contributed by atoms with E-state index in [0.717, 1.165) is 16.8 Å². The molecule has 1 fully saturated rings. The molecular weight excluding hydrogens is 222 g/mol. The molecule has 0 aromatic carbocycles. The molecule has 3 nitrogen and oxygen atoms in total. The van der Waals surface area contributed by atoms with E-state index in [1.165, 1.54) is 12.8 Å². The van der Waals surface area contributed by atoms with Crippen molar-refractivity contribution in [2.75, 3.05) is 20.8 Å². The predicted molar refractivity (Wildman–Crippen MR) is 69.2 cm³/mol. The van der Waals surface area contributed by atoms with E-state index >= 15 is 0 Å². The topological polar surface area (TPSA) is 21.7 Å². The van der Waals surface area contributed by atoms with E-state index < -0.39 is 9.45 Å². The number of piperidine rings is 1. The van der Waals surface area contributed by atoms with Crippen molar-refractivity contribution in [1.29, 1.82) is 0 Å². The molecule has 1 heterocycles. The molecule has 15 heavy (non-hydrogen) atoms. The van der Waals surface area contributed by atoms with Gasteiger partial charge in [0.25, 0.3) is 0 Å². The normalized spacial score (nSPS) is 32.4. The van der Waals surface area contributed by atoms with E-state index in [1.54, 1.807) is 14.2 Å². The van der Waals surface area contributed by atoms with Gasteiger partial charge in [-0.05, 0) is 24.8 Å². The van der Waals surface area contributed by atoms with Crippen LogP contribution >= 0.6 is 0 Å². The maximum Gasteiger partial charge on any atom is 0.410 e. The lowest BCUT2D eigenvalue weighted by Crippen LogP contribution is -2.65. The zero-order valence-electron chi connectivity index (χ0n) is 11.0. The van der Waals surface area contributed by atoms with Crippen LogP contribution in [0.15, 0.2) is 0 Å². The lowest BCUT2D eigenvalue weighted by atomic mass is 9.77. The molecule has 1 aliphatic rings. The standard InChI is InChI=1S/C10H25NO2Si2/c1-9(2)7-6-8-11(10(9,3)14)15(12-4)13-5/h15H,6-8H2,1-5,14H3. The zero-order valence-corrected chi connectivity index (χ0v) is 14.1. The minimum Gasteiger partial charge on any atom is -0.388 e. The largest absolute Gasteiger partial charge is 0.410 e. The van der Waals surface area contributed by atoms with E-state index in [2.05, 4.69) is 25.3 Å². The molecule has 1 saturated heterocycles. The summed E-state index contributed by atoms with van der Waals surface area (Å²) in [7, 11) is 3.10. The Morgan fingerprint density at radius 2 is 1.73 bits per heavy atom. The van der Waals surface area contributed by atoms with Gasteiger partial charge in [0, 0.05) is 29.6 Å². The summed E-state index contributed by atoms with van der Waals surface area (Å²) in [6.07, 6.45) is 2.58. The van der Waals surface area contributed by atoms with Crippen molar-refractivity contribution >= 4 is 19.7 Å². The van der Waals surface area contributed by atoms with Crippen LogP contribution in [0.1, 0.15) is 33.6 Å². The van der Waals surface area contributed by atoms with Gasteiger partial charge in [-0.25, -0.2) is 0 Å². The van der Waals surface area contributed by atoms with E-state index in [-0.39, 0.29) is 0 Å². The van der Waals surface area contributed by atoms with Crippen LogP contribution in [0.3, 0.4) is 0 Å². The van der Waals surface area contributed by atoms with Crippen LogP contribution < -0.4 is 0 Å². The fraction of sp³-hybridized carbons (Fsp3) is 1.00. The van der Waals surface area contributed by atoms with Crippen LogP contribution in [-0.2, 0) is 8.85 Å². The van der Waals surface area contributed by atoms with Gasteiger partial charge in [-0.2, -0.15) is 0 Å². The zero-order chi connectivity index (χ0) is 11.7. The predicted octanol–water partition coefficient (Wildman–Crippen LogP) is 0.200. The lowest BCUT2D eigenvalue weighted by Gasteiger charge is -2.54. The Morgan fingerprint density at radius 3 is 2.20 bits per heavy atom. The molecule has 1 aliphatic heterocycles. The highest BCUT2D eigenvalue weighted by atomic mass is 28.3. The molecule has 0 spiro atoms. The number of rotatable bonds is 3. The molecule has 1 atom stereocenters. The average Bonchev–Trinajstić information content (AvgIpc) is 2.14. The second-order valence-corrected chi connectivity index (χ2v) is 9.65. The maximum absolute atomic E-state index is 5.53. The summed E-state index contributed by atoms with van der Waals surface area (Å²) in [5.41, 5.74) is 0.389. The number of hydrogen-bond donors (Lipinski definition) is 0. The molecule has 90 valence electrons. The van der Waals surface area contributed by atoms with Crippen molar-refractivity contribution in [3.8, 4) is 0 Å². The van der Waals surface area contributed by atoms with Gasteiger partial charge in [-0.15, -0.1) is 0 Å². The summed E-state index contributed by atoms with van der Waals surface area (Å²) < 4.78 is 13.6. The molecule has 1 unspecified atom stereocenters. The molecule has 0 amide bonds. The molecule has 0 aliphatic carbocycles. The minimum absolute atomic E-state index is 0.300. The van der Waals surface area contributed by atoms with Crippen LogP contribution in [0.5, 0.6) is 0 Å². The summed E-state index contributed by atoms with van der Waals surface area (Å²) in [5.74, 6) is 0. The molecule has 0 aromatic heterocycles. The summed E-state index contributed by atoms with van der Waals surface area (Å²) in [4.78, 5) is 0. The third kappa shape index (κ3) is 2.36. The highest BCUT2D eigenvalue weighted by molar-refractivity contribution is 6.42. The summed E-state index contributed by atoms with van der Waals surface area (Å²) in [5, 5.41) is 0.300. The first-order chi connectivity index (χ1) is 6.86. The third-order valence-electron chi connectivity index (χ3n) is 4.23. The summed E-state index contributed by atoms with van der Waals surface area (Å²) in [6.45, 7) is 8.27. The van der Waals surface area contributed by atoms with Crippen molar-refractivity contribution in [1.82, 2.24) is 4.57 Å². The van der Waals surface area contributed by atoms with Gasteiger partial charge in [-0.1, -0.05) is 20.8 Å². The molecule has 1 rings (SSSR count). The first-order valence-electron chi connectivity index (χ1n) is 5.69. The Labute approximate surface area is 98.5 Å². The van der Waals surface area contributed by atoms with Crippen LogP contribution in [0, 0.1) is 5.41 Å².